The maximum atomic E-state index is 11.5. The molecule has 1 aromatic heterocycles. The number of carbonyl (C=O) groups is 1. The lowest BCUT2D eigenvalue weighted by molar-refractivity contribution is -0.132. The summed E-state index contributed by atoms with van der Waals surface area (Å²) < 4.78 is 7.50. The number of aliphatic carboxylic acids is 1. The van der Waals surface area contributed by atoms with E-state index in [-0.39, 0.29) is 11.7 Å². The fourth-order valence-electron chi connectivity index (χ4n) is 3.11. The van der Waals surface area contributed by atoms with Crippen molar-refractivity contribution in [2.24, 2.45) is 0 Å². The number of aromatic nitrogens is 2. The Labute approximate surface area is 144 Å². The Bertz CT molecular complexity index is 973. The van der Waals surface area contributed by atoms with E-state index in [1.54, 1.807) is 6.08 Å². The molecule has 0 spiro atoms. The van der Waals surface area contributed by atoms with Crippen molar-refractivity contribution >= 4 is 23.0 Å². The van der Waals surface area contributed by atoms with Crippen LogP contribution in [-0.2, 0) is 4.79 Å². The number of carboxylic acid groups (broad SMARTS) is 1. The molecule has 2 N–H and O–H groups in total. The second kappa shape index (κ2) is 5.98. The van der Waals surface area contributed by atoms with Crippen molar-refractivity contribution in [2.75, 3.05) is 11.9 Å². The highest BCUT2D eigenvalue weighted by Gasteiger charge is 2.27. The molecule has 0 saturated heterocycles. The Hall–Kier alpha value is -3.28. The molecule has 0 saturated carbocycles. The average molecular weight is 335 g/mol. The monoisotopic (exact) mass is 335 g/mol. The smallest absolute Gasteiger partial charge is 0.352 e. The van der Waals surface area contributed by atoms with Gasteiger partial charge in [0.1, 0.15) is 11.4 Å². The number of hydrogen-bond donors (Lipinski definition) is 2. The van der Waals surface area contributed by atoms with Crippen LogP contribution in [0.3, 0.4) is 0 Å². The number of ether oxygens (including phenoxy) is 1. The van der Waals surface area contributed by atoms with Gasteiger partial charge in [0.25, 0.3) is 0 Å². The Morgan fingerprint density at radius 2 is 2.00 bits per heavy atom. The van der Waals surface area contributed by atoms with Crippen LogP contribution >= 0.6 is 0 Å². The van der Waals surface area contributed by atoms with Crippen LogP contribution in [0.15, 0.2) is 60.3 Å². The molecular weight excluding hydrogens is 318 g/mol. The van der Waals surface area contributed by atoms with E-state index in [1.165, 1.54) is 0 Å². The highest BCUT2D eigenvalue weighted by Crippen LogP contribution is 2.34. The predicted molar refractivity (Wildman–Crippen MR) is 94.8 cm³/mol. The Kier molecular flexibility index (Phi) is 3.65. The summed E-state index contributed by atoms with van der Waals surface area (Å²) in [5, 5.41) is 12.3. The predicted octanol–water partition coefficient (Wildman–Crippen LogP) is 3.42. The molecule has 1 aliphatic heterocycles. The van der Waals surface area contributed by atoms with Crippen LogP contribution in [0.2, 0.25) is 0 Å². The first kappa shape index (κ1) is 15.3. The Balaban J connectivity index is 1.86. The quantitative estimate of drug-likeness (QED) is 0.764. The summed E-state index contributed by atoms with van der Waals surface area (Å²) in [6.07, 6.45) is 1.71. The summed E-state index contributed by atoms with van der Waals surface area (Å²) in [5.41, 5.74) is 2.86. The molecule has 1 aliphatic rings. The molecule has 1 atom stereocenters. The van der Waals surface area contributed by atoms with Crippen LogP contribution in [0.1, 0.15) is 18.5 Å². The minimum absolute atomic E-state index is 0.127. The van der Waals surface area contributed by atoms with Gasteiger partial charge in [-0.15, -0.1) is 0 Å². The summed E-state index contributed by atoms with van der Waals surface area (Å²) in [6, 6.07) is 15.2. The average Bonchev–Trinajstić information content (AvgIpc) is 3.00. The number of rotatable bonds is 4. The van der Waals surface area contributed by atoms with Crippen LogP contribution in [0.5, 0.6) is 5.75 Å². The number of imidazole rings is 1. The number of fused-ring (bicyclic) bond motifs is 3. The largest absolute Gasteiger partial charge is 0.494 e. The molecule has 2 aromatic carbocycles. The number of hydrogen-bond acceptors (Lipinski definition) is 4. The number of nitrogens with one attached hydrogen (secondary N) is 1. The van der Waals surface area contributed by atoms with Gasteiger partial charge in [-0.2, -0.15) is 0 Å². The van der Waals surface area contributed by atoms with Crippen LogP contribution in [0, 0.1) is 0 Å². The van der Waals surface area contributed by atoms with Gasteiger partial charge < -0.3 is 15.2 Å². The first-order valence-corrected chi connectivity index (χ1v) is 8.09. The van der Waals surface area contributed by atoms with Crippen molar-refractivity contribution in [1.29, 1.82) is 0 Å². The summed E-state index contributed by atoms with van der Waals surface area (Å²) in [6.45, 7) is 2.54. The molecule has 126 valence electrons. The summed E-state index contributed by atoms with van der Waals surface area (Å²) >= 11 is 0. The van der Waals surface area contributed by atoms with E-state index in [9.17, 15) is 9.90 Å². The van der Waals surface area contributed by atoms with Gasteiger partial charge in [-0.05, 0) is 42.8 Å². The van der Waals surface area contributed by atoms with E-state index >= 15 is 0 Å². The molecule has 0 radical (unpaired) electrons. The van der Waals surface area contributed by atoms with Gasteiger partial charge in [0.2, 0.25) is 5.95 Å². The van der Waals surface area contributed by atoms with Gasteiger partial charge in [0, 0.05) is 0 Å². The maximum Gasteiger partial charge on any atom is 0.352 e. The van der Waals surface area contributed by atoms with Crippen LogP contribution in [-0.4, -0.2) is 27.2 Å². The molecule has 0 unspecified atom stereocenters. The zero-order chi connectivity index (χ0) is 17.4. The number of benzene rings is 2. The highest BCUT2D eigenvalue weighted by atomic mass is 16.5. The number of para-hydroxylation sites is 2. The lowest BCUT2D eigenvalue weighted by Gasteiger charge is -2.25. The van der Waals surface area contributed by atoms with Crippen molar-refractivity contribution < 1.29 is 14.6 Å². The molecular formula is C19H17N3O3. The van der Waals surface area contributed by atoms with Crippen molar-refractivity contribution in [1.82, 2.24) is 9.55 Å². The highest BCUT2D eigenvalue weighted by molar-refractivity contribution is 5.92. The van der Waals surface area contributed by atoms with Gasteiger partial charge in [0.05, 0.1) is 23.7 Å². The fourth-order valence-corrected chi connectivity index (χ4v) is 3.11. The van der Waals surface area contributed by atoms with E-state index in [4.69, 9.17) is 4.74 Å². The van der Waals surface area contributed by atoms with Gasteiger partial charge in [-0.25, -0.2) is 9.78 Å². The number of anilines is 1. The van der Waals surface area contributed by atoms with Gasteiger partial charge in [-0.1, -0.05) is 24.3 Å². The van der Waals surface area contributed by atoms with Crippen LogP contribution in [0.25, 0.3) is 11.0 Å². The molecule has 6 nitrogen and oxygen atoms in total. The zero-order valence-electron chi connectivity index (χ0n) is 13.6. The lowest BCUT2D eigenvalue weighted by atomic mass is 10.0. The third kappa shape index (κ3) is 2.61. The van der Waals surface area contributed by atoms with Crippen molar-refractivity contribution in [2.45, 2.75) is 13.0 Å². The van der Waals surface area contributed by atoms with Crippen molar-refractivity contribution in [3.63, 3.8) is 0 Å². The number of nitrogens with zero attached hydrogens (tertiary/aromatic N) is 2. The minimum Gasteiger partial charge on any atom is -0.494 e. The topological polar surface area (TPSA) is 76.4 Å². The van der Waals surface area contributed by atoms with E-state index in [0.717, 1.165) is 22.3 Å². The normalized spacial score (nSPS) is 16.0. The first-order chi connectivity index (χ1) is 12.2. The molecule has 0 amide bonds. The SMILES string of the molecule is CCOc1ccc([C@H]2C=C(C(=O)O)Nc3nc4ccccc4n32)cc1. The first-order valence-electron chi connectivity index (χ1n) is 8.09. The van der Waals surface area contributed by atoms with Crippen LogP contribution in [0.4, 0.5) is 5.95 Å². The third-order valence-corrected chi connectivity index (χ3v) is 4.21. The molecule has 2 heterocycles. The third-order valence-electron chi connectivity index (χ3n) is 4.21. The fraction of sp³-hybridized carbons (Fsp3) is 0.158. The van der Waals surface area contributed by atoms with Gasteiger partial charge >= 0.3 is 5.97 Å². The summed E-state index contributed by atoms with van der Waals surface area (Å²) in [5.74, 6) is 0.313. The van der Waals surface area contributed by atoms with E-state index in [2.05, 4.69) is 10.3 Å². The zero-order valence-corrected chi connectivity index (χ0v) is 13.6. The maximum absolute atomic E-state index is 11.5. The van der Waals surface area contributed by atoms with E-state index < -0.39 is 5.97 Å². The molecule has 4 rings (SSSR count). The summed E-state index contributed by atoms with van der Waals surface area (Å²) in [4.78, 5) is 16.0. The molecule has 0 aliphatic carbocycles. The second-order valence-corrected chi connectivity index (χ2v) is 5.75. The molecule has 3 aromatic rings. The Morgan fingerprint density at radius 1 is 1.24 bits per heavy atom. The molecule has 6 heteroatoms. The van der Waals surface area contributed by atoms with E-state index in [0.29, 0.717) is 12.6 Å². The van der Waals surface area contributed by atoms with Gasteiger partial charge in [-0.3, -0.25) is 4.57 Å². The molecule has 0 fully saturated rings. The second-order valence-electron chi connectivity index (χ2n) is 5.75. The molecule has 0 bridgehead atoms. The minimum atomic E-state index is -1.01. The van der Waals surface area contributed by atoms with Crippen molar-refractivity contribution in [3.8, 4) is 5.75 Å². The number of allylic oxidation sites excluding steroid dienone is 1. The Morgan fingerprint density at radius 3 is 2.72 bits per heavy atom. The van der Waals surface area contributed by atoms with Crippen molar-refractivity contribution in [3.05, 3.63) is 65.9 Å². The number of carboxylic acids is 1. The lowest BCUT2D eigenvalue weighted by Crippen LogP contribution is -2.23. The van der Waals surface area contributed by atoms with E-state index in [1.807, 2.05) is 60.0 Å². The molecule has 25 heavy (non-hydrogen) atoms. The van der Waals surface area contributed by atoms with Gasteiger partial charge in [0.15, 0.2) is 0 Å². The standard InChI is InChI=1S/C19H17N3O3/c1-2-25-13-9-7-12(8-10-13)17-11-15(18(23)24)21-19-20-14-5-3-4-6-16(14)22(17)19/h3-11,17H,2H2,1H3,(H,20,21)(H,23,24)/t17-/m1/s1. The summed E-state index contributed by atoms with van der Waals surface area (Å²) in [7, 11) is 0. The van der Waals surface area contributed by atoms with Crippen LogP contribution < -0.4 is 10.1 Å².